The van der Waals surface area contributed by atoms with Crippen molar-refractivity contribution in [3.05, 3.63) is 0 Å². The lowest BCUT2D eigenvalue weighted by Gasteiger charge is -2.29. The minimum absolute atomic E-state index is 0.181. The predicted octanol–water partition coefficient (Wildman–Crippen LogP) is 1.72. The van der Waals surface area contributed by atoms with Gasteiger partial charge in [-0.3, -0.25) is 9.69 Å². The first-order valence-electron chi connectivity index (χ1n) is 7.14. The third-order valence-corrected chi connectivity index (χ3v) is 3.26. The molecule has 0 saturated carbocycles. The lowest BCUT2D eigenvalue weighted by atomic mass is 10.0. The van der Waals surface area contributed by atoms with Crippen LogP contribution in [0.4, 0.5) is 0 Å². The van der Waals surface area contributed by atoms with E-state index in [-0.39, 0.29) is 17.9 Å². The molecule has 2 atom stereocenters. The number of aliphatic carboxylic acids is 1. The smallest absolute Gasteiger partial charge is 0.326 e. The molecule has 0 aliphatic heterocycles. The van der Waals surface area contributed by atoms with Gasteiger partial charge in [-0.2, -0.15) is 0 Å². The van der Waals surface area contributed by atoms with E-state index in [4.69, 9.17) is 5.11 Å². The van der Waals surface area contributed by atoms with E-state index in [1.54, 1.807) is 0 Å². The summed E-state index contributed by atoms with van der Waals surface area (Å²) in [6.45, 7) is 11.4. The Kier molecular flexibility index (Phi) is 8.39. The van der Waals surface area contributed by atoms with Crippen molar-refractivity contribution in [2.75, 3.05) is 13.1 Å². The summed E-state index contributed by atoms with van der Waals surface area (Å²) in [7, 11) is 0. The van der Waals surface area contributed by atoms with Gasteiger partial charge in [-0.1, -0.05) is 34.6 Å². The van der Waals surface area contributed by atoms with Crippen LogP contribution in [0.3, 0.4) is 0 Å². The minimum Gasteiger partial charge on any atom is -0.480 e. The van der Waals surface area contributed by atoms with E-state index in [2.05, 4.69) is 5.32 Å². The Bertz CT molecular complexity index is 288. The number of hydrogen-bond donors (Lipinski definition) is 2. The summed E-state index contributed by atoms with van der Waals surface area (Å²) in [6, 6.07) is -1.04. The largest absolute Gasteiger partial charge is 0.480 e. The number of nitrogens with zero attached hydrogens (tertiary/aromatic N) is 1. The van der Waals surface area contributed by atoms with Crippen molar-refractivity contribution in [2.24, 2.45) is 5.92 Å². The molecule has 112 valence electrons. The second kappa shape index (κ2) is 8.91. The molecule has 1 unspecified atom stereocenters. The maximum Gasteiger partial charge on any atom is 0.326 e. The molecular weight excluding hydrogens is 244 g/mol. The van der Waals surface area contributed by atoms with Crippen LogP contribution in [0.2, 0.25) is 0 Å². The highest BCUT2D eigenvalue weighted by atomic mass is 16.4. The van der Waals surface area contributed by atoms with Gasteiger partial charge in [0.1, 0.15) is 6.04 Å². The molecule has 0 aliphatic carbocycles. The zero-order valence-electron chi connectivity index (χ0n) is 12.8. The topological polar surface area (TPSA) is 69.6 Å². The zero-order valence-corrected chi connectivity index (χ0v) is 12.8. The Morgan fingerprint density at radius 1 is 1.16 bits per heavy atom. The van der Waals surface area contributed by atoms with Gasteiger partial charge in [-0.15, -0.1) is 0 Å². The fourth-order valence-corrected chi connectivity index (χ4v) is 2.23. The molecule has 19 heavy (non-hydrogen) atoms. The van der Waals surface area contributed by atoms with Crippen LogP contribution in [0.15, 0.2) is 0 Å². The van der Waals surface area contributed by atoms with Crippen LogP contribution in [0.25, 0.3) is 0 Å². The number of amides is 1. The first kappa shape index (κ1) is 17.9. The highest BCUT2D eigenvalue weighted by Crippen LogP contribution is 2.08. The summed E-state index contributed by atoms with van der Waals surface area (Å²) < 4.78 is 0. The zero-order chi connectivity index (χ0) is 15.0. The maximum atomic E-state index is 12.2. The average Bonchev–Trinajstić information content (AvgIpc) is 2.33. The van der Waals surface area contributed by atoms with Gasteiger partial charge in [-0.05, 0) is 31.8 Å². The van der Waals surface area contributed by atoms with Gasteiger partial charge in [0.25, 0.3) is 0 Å². The molecule has 5 nitrogen and oxygen atoms in total. The second-order valence-electron chi connectivity index (χ2n) is 5.17. The van der Waals surface area contributed by atoms with Gasteiger partial charge in [0, 0.05) is 0 Å². The van der Waals surface area contributed by atoms with Gasteiger partial charge in [0.15, 0.2) is 0 Å². The molecule has 0 spiro atoms. The Labute approximate surface area is 116 Å². The first-order valence-corrected chi connectivity index (χ1v) is 7.14. The molecule has 0 rings (SSSR count). The van der Waals surface area contributed by atoms with Crippen LogP contribution in [-0.2, 0) is 9.59 Å². The molecule has 5 heteroatoms. The number of carbonyl (C=O) groups excluding carboxylic acids is 1. The fraction of sp³-hybridized carbons (Fsp3) is 0.857. The third-order valence-electron chi connectivity index (χ3n) is 3.26. The quantitative estimate of drug-likeness (QED) is 0.670. The molecule has 1 amide bonds. The van der Waals surface area contributed by atoms with Crippen LogP contribution in [0.5, 0.6) is 0 Å². The number of carboxylic acids is 1. The highest BCUT2D eigenvalue weighted by molar-refractivity contribution is 5.86. The number of rotatable bonds is 9. The summed E-state index contributed by atoms with van der Waals surface area (Å²) in [5.41, 5.74) is 0. The van der Waals surface area contributed by atoms with Gasteiger partial charge >= 0.3 is 5.97 Å². The Hall–Kier alpha value is -1.10. The lowest BCUT2D eigenvalue weighted by molar-refractivity contribution is -0.143. The summed E-state index contributed by atoms with van der Waals surface area (Å²) in [6.07, 6.45) is 1.14. The Morgan fingerprint density at radius 2 is 1.68 bits per heavy atom. The van der Waals surface area contributed by atoms with Crippen molar-refractivity contribution < 1.29 is 14.7 Å². The van der Waals surface area contributed by atoms with E-state index < -0.39 is 12.0 Å². The van der Waals surface area contributed by atoms with Gasteiger partial charge in [-0.25, -0.2) is 4.79 Å². The molecule has 0 fully saturated rings. The number of hydrogen-bond acceptors (Lipinski definition) is 3. The predicted molar refractivity (Wildman–Crippen MR) is 76.0 cm³/mol. The summed E-state index contributed by atoms with van der Waals surface area (Å²) >= 11 is 0. The van der Waals surface area contributed by atoms with Crippen LogP contribution in [0.1, 0.15) is 47.5 Å². The van der Waals surface area contributed by atoms with Crippen LogP contribution >= 0.6 is 0 Å². The molecule has 0 aromatic rings. The van der Waals surface area contributed by atoms with Crippen LogP contribution < -0.4 is 5.32 Å². The van der Waals surface area contributed by atoms with E-state index in [1.807, 2.05) is 39.5 Å². The molecule has 0 aromatic heterocycles. The molecule has 2 N–H and O–H groups in total. The van der Waals surface area contributed by atoms with E-state index in [9.17, 15) is 9.59 Å². The lowest BCUT2D eigenvalue weighted by Crippen LogP contribution is -2.51. The molecule has 0 aliphatic rings. The summed E-state index contributed by atoms with van der Waals surface area (Å²) in [4.78, 5) is 25.4. The van der Waals surface area contributed by atoms with Crippen molar-refractivity contribution in [1.29, 1.82) is 0 Å². The van der Waals surface area contributed by atoms with Crippen molar-refractivity contribution >= 4 is 11.9 Å². The van der Waals surface area contributed by atoms with Gasteiger partial charge in [0.05, 0.1) is 6.04 Å². The number of carboxylic acid groups (broad SMARTS) is 1. The maximum absolute atomic E-state index is 12.2. The van der Waals surface area contributed by atoms with Crippen molar-refractivity contribution in [1.82, 2.24) is 10.2 Å². The van der Waals surface area contributed by atoms with E-state index in [0.717, 1.165) is 13.1 Å². The molecule has 0 bridgehead atoms. The van der Waals surface area contributed by atoms with Gasteiger partial charge < -0.3 is 10.4 Å². The number of carbonyl (C=O) groups is 2. The number of likely N-dealkylation sites (N-methyl/N-ethyl adjacent to an activating group) is 1. The molecular formula is C14H28N2O3. The van der Waals surface area contributed by atoms with Gasteiger partial charge in [0.2, 0.25) is 5.91 Å². The van der Waals surface area contributed by atoms with Crippen LogP contribution in [-0.4, -0.2) is 47.1 Å². The van der Waals surface area contributed by atoms with E-state index >= 15 is 0 Å². The van der Waals surface area contributed by atoms with E-state index in [1.165, 1.54) is 0 Å². The van der Waals surface area contributed by atoms with Crippen LogP contribution in [0, 0.1) is 5.92 Å². The Balaban J connectivity index is 4.72. The van der Waals surface area contributed by atoms with Crippen molar-refractivity contribution in [2.45, 2.75) is 59.5 Å². The normalized spacial score (nSPS) is 14.5. The average molecular weight is 272 g/mol. The SMILES string of the molecule is CCC(C(=O)N[C@H](CC(C)C)C(=O)O)N(CC)CC. The highest BCUT2D eigenvalue weighted by Gasteiger charge is 2.27. The summed E-state index contributed by atoms with van der Waals surface area (Å²) in [5, 5.41) is 11.8. The molecule has 0 heterocycles. The number of nitrogens with one attached hydrogen (secondary N) is 1. The molecule has 0 saturated heterocycles. The second-order valence-corrected chi connectivity index (χ2v) is 5.17. The first-order chi connectivity index (χ1) is 8.87. The molecule has 0 aromatic carbocycles. The van der Waals surface area contributed by atoms with E-state index in [0.29, 0.717) is 12.8 Å². The minimum atomic E-state index is -0.962. The van der Waals surface area contributed by atoms with Crippen molar-refractivity contribution in [3.8, 4) is 0 Å². The monoisotopic (exact) mass is 272 g/mol. The van der Waals surface area contributed by atoms with Crippen molar-refractivity contribution in [3.63, 3.8) is 0 Å². The third kappa shape index (κ3) is 6.05. The fourth-order valence-electron chi connectivity index (χ4n) is 2.23. The standard InChI is InChI=1S/C14H28N2O3/c1-6-12(16(7-2)8-3)13(17)15-11(14(18)19)9-10(4)5/h10-12H,6-9H2,1-5H3,(H,15,17)(H,18,19)/t11-,12?/m1/s1. The summed E-state index contributed by atoms with van der Waals surface area (Å²) in [5.74, 6) is -0.911. The molecule has 0 radical (unpaired) electrons. The Morgan fingerprint density at radius 3 is 2.00 bits per heavy atom.